The molecule has 3 rings (SSSR count). The first-order valence-electron chi connectivity index (χ1n) is 10.5. The predicted molar refractivity (Wildman–Crippen MR) is 129 cm³/mol. The molecule has 0 unspecified atom stereocenters. The number of nitrogens with one attached hydrogen (secondary N) is 1. The van der Waals surface area contributed by atoms with Gasteiger partial charge in [-0.25, -0.2) is 0 Å². The van der Waals surface area contributed by atoms with Crippen molar-refractivity contribution >= 4 is 28.9 Å². The smallest absolute Gasteiger partial charge is 0.266 e. The summed E-state index contributed by atoms with van der Waals surface area (Å²) in [5.41, 5.74) is 4.36. The largest absolute Gasteiger partial charge is 0.497 e. The third-order valence-electron chi connectivity index (χ3n) is 5.64. The lowest BCUT2D eigenvalue weighted by atomic mass is 9.87. The molecule has 0 aliphatic carbocycles. The Morgan fingerprint density at radius 3 is 2.59 bits per heavy atom. The predicted octanol–water partition coefficient (Wildman–Crippen LogP) is 5.27. The summed E-state index contributed by atoms with van der Waals surface area (Å²) in [5, 5.41) is 12.4. The molecule has 1 amide bonds. The van der Waals surface area contributed by atoms with E-state index in [4.69, 9.17) is 9.47 Å². The molecule has 2 aromatic carbocycles. The van der Waals surface area contributed by atoms with Crippen LogP contribution in [0.4, 0.5) is 11.4 Å². The summed E-state index contributed by atoms with van der Waals surface area (Å²) in [4.78, 5) is 15.1. The van der Waals surface area contributed by atoms with E-state index in [1.807, 2.05) is 18.2 Å². The van der Waals surface area contributed by atoms with Crippen LogP contribution in [0.5, 0.6) is 11.5 Å². The van der Waals surface area contributed by atoms with Crippen molar-refractivity contribution < 1.29 is 14.3 Å². The first-order valence-corrected chi connectivity index (χ1v) is 10.5. The molecule has 0 saturated heterocycles. The van der Waals surface area contributed by atoms with Gasteiger partial charge in [0.2, 0.25) is 0 Å². The van der Waals surface area contributed by atoms with Crippen LogP contribution in [-0.2, 0) is 4.79 Å². The number of nitrogens with zero attached hydrogens (tertiary/aromatic N) is 2. The standard InChI is InChI=1S/C26H29N3O3/c1-7-29-23-14-24(32-6)18(12-22(23)17(2)15-26(29,3)4)11-19(16-27)25(30)28-20-9-8-10-21(13-20)31-5/h8-15H,7H2,1-6H3,(H,28,30)/b19-11+. The molecule has 0 saturated carbocycles. The topological polar surface area (TPSA) is 74.6 Å². The lowest BCUT2D eigenvalue weighted by Gasteiger charge is -2.43. The molecule has 1 aliphatic heterocycles. The molecule has 2 aromatic rings. The van der Waals surface area contributed by atoms with Crippen molar-refractivity contribution in [1.82, 2.24) is 0 Å². The molecule has 0 spiro atoms. The van der Waals surface area contributed by atoms with E-state index in [2.05, 4.69) is 44.0 Å². The summed E-state index contributed by atoms with van der Waals surface area (Å²) in [5.74, 6) is 0.728. The number of carbonyl (C=O) groups excluding carboxylic acids is 1. The second-order valence-corrected chi connectivity index (χ2v) is 8.19. The number of benzene rings is 2. The van der Waals surface area contributed by atoms with E-state index in [9.17, 15) is 10.1 Å². The zero-order chi connectivity index (χ0) is 23.5. The van der Waals surface area contributed by atoms with Crippen molar-refractivity contribution in [2.45, 2.75) is 33.2 Å². The molecule has 1 heterocycles. The molecule has 6 heteroatoms. The van der Waals surface area contributed by atoms with Crippen molar-refractivity contribution in [2.75, 3.05) is 31.0 Å². The summed E-state index contributed by atoms with van der Waals surface area (Å²) in [6.45, 7) is 9.40. The highest BCUT2D eigenvalue weighted by Crippen LogP contribution is 2.42. The summed E-state index contributed by atoms with van der Waals surface area (Å²) in [6.07, 6.45) is 3.80. The van der Waals surface area contributed by atoms with Crippen LogP contribution < -0.4 is 19.7 Å². The molecule has 0 fully saturated rings. The highest BCUT2D eigenvalue weighted by molar-refractivity contribution is 6.10. The molecule has 32 heavy (non-hydrogen) atoms. The van der Waals surface area contributed by atoms with Crippen LogP contribution in [0.15, 0.2) is 48.0 Å². The minimum absolute atomic E-state index is 0.0174. The SMILES string of the molecule is CCN1c2cc(OC)c(/C=C(\C#N)C(=O)Nc3cccc(OC)c3)cc2C(C)=CC1(C)C. The van der Waals surface area contributed by atoms with Crippen molar-refractivity contribution in [2.24, 2.45) is 0 Å². The Morgan fingerprint density at radius 1 is 1.22 bits per heavy atom. The third kappa shape index (κ3) is 4.47. The summed E-state index contributed by atoms with van der Waals surface area (Å²) in [6, 6.07) is 13.0. The average Bonchev–Trinajstić information content (AvgIpc) is 2.76. The number of carbonyl (C=O) groups is 1. The van der Waals surface area contributed by atoms with E-state index in [1.165, 1.54) is 0 Å². The quantitative estimate of drug-likeness (QED) is 0.498. The minimum atomic E-state index is -0.496. The Labute approximate surface area is 189 Å². The lowest BCUT2D eigenvalue weighted by molar-refractivity contribution is -0.112. The lowest BCUT2D eigenvalue weighted by Crippen LogP contribution is -2.44. The van der Waals surface area contributed by atoms with Crippen LogP contribution in [-0.4, -0.2) is 32.2 Å². The van der Waals surface area contributed by atoms with Gasteiger partial charge in [0.05, 0.1) is 19.8 Å². The zero-order valence-corrected chi connectivity index (χ0v) is 19.4. The second-order valence-electron chi connectivity index (χ2n) is 8.19. The number of anilines is 2. The summed E-state index contributed by atoms with van der Waals surface area (Å²) < 4.78 is 10.8. The summed E-state index contributed by atoms with van der Waals surface area (Å²) >= 11 is 0. The maximum atomic E-state index is 12.8. The van der Waals surface area contributed by atoms with Gasteiger partial charge in [-0.05, 0) is 57.5 Å². The van der Waals surface area contributed by atoms with Crippen LogP contribution in [0.1, 0.15) is 38.8 Å². The normalized spacial score (nSPS) is 14.7. The van der Waals surface area contributed by atoms with E-state index in [1.54, 1.807) is 44.6 Å². The molecule has 166 valence electrons. The molecular weight excluding hydrogens is 402 g/mol. The molecule has 0 bridgehead atoms. The number of fused-ring (bicyclic) bond motifs is 1. The van der Waals surface area contributed by atoms with E-state index in [-0.39, 0.29) is 11.1 Å². The van der Waals surface area contributed by atoms with E-state index >= 15 is 0 Å². The monoisotopic (exact) mass is 431 g/mol. The van der Waals surface area contributed by atoms with E-state index in [0.717, 1.165) is 23.4 Å². The van der Waals surface area contributed by atoms with E-state index in [0.29, 0.717) is 22.7 Å². The fourth-order valence-corrected chi connectivity index (χ4v) is 4.19. The van der Waals surface area contributed by atoms with Gasteiger partial charge >= 0.3 is 0 Å². The molecule has 0 aromatic heterocycles. The number of ether oxygens (including phenoxy) is 2. The number of hydrogen-bond donors (Lipinski definition) is 1. The van der Waals surface area contributed by atoms with Crippen molar-refractivity contribution in [3.8, 4) is 17.6 Å². The van der Waals surface area contributed by atoms with Crippen LogP contribution in [0.3, 0.4) is 0 Å². The first-order chi connectivity index (χ1) is 15.2. The van der Waals surface area contributed by atoms with Gasteiger partial charge in [-0.1, -0.05) is 12.1 Å². The Hall–Kier alpha value is -3.72. The van der Waals surface area contributed by atoms with Crippen molar-refractivity contribution in [1.29, 1.82) is 5.26 Å². The van der Waals surface area contributed by atoms with Crippen molar-refractivity contribution in [3.05, 3.63) is 59.2 Å². The first kappa shape index (κ1) is 23.0. The Kier molecular flexibility index (Phi) is 6.59. The van der Waals surface area contributed by atoms with Gasteiger partial charge in [0.25, 0.3) is 5.91 Å². The van der Waals surface area contributed by atoms with Crippen LogP contribution in [0, 0.1) is 11.3 Å². The minimum Gasteiger partial charge on any atom is -0.497 e. The van der Waals surface area contributed by atoms with Gasteiger partial charge in [0.15, 0.2) is 0 Å². The summed E-state index contributed by atoms with van der Waals surface area (Å²) in [7, 11) is 3.15. The fourth-order valence-electron chi connectivity index (χ4n) is 4.19. The highest BCUT2D eigenvalue weighted by atomic mass is 16.5. The van der Waals surface area contributed by atoms with Gasteiger partial charge in [-0.3, -0.25) is 4.79 Å². The maximum absolute atomic E-state index is 12.8. The maximum Gasteiger partial charge on any atom is 0.266 e. The Bertz CT molecular complexity index is 1140. The van der Waals surface area contributed by atoms with Gasteiger partial charge in [-0.2, -0.15) is 5.26 Å². The van der Waals surface area contributed by atoms with Crippen LogP contribution in [0.25, 0.3) is 11.6 Å². The highest BCUT2D eigenvalue weighted by Gasteiger charge is 2.31. The number of allylic oxidation sites excluding steroid dienone is 1. The van der Waals surface area contributed by atoms with Gasteiger partial charge in [0, 0.05) is 41.2 Å². The number of amides is 1. The molecule has 6 nitrogen and oxygen atoms in total. The Morgan fingerprint density at radius 2 is 1.97 bits per heavy atom. The van der Waals surface area contributed by atoms with Crippen molar-refractivity contribution in [3.63, 3.8) is 0 Å². The third-order valence-corrected chi connectivity index (χ3v) is 5.64. The molecule has 0 atom stereocenters. The molecule has 0 radical (unpaired) electrons. The van der Waals surface area contributed by atoms with Gasteiger partial charge in [-0.15, -0.1) is 0 Å². The second kappa shape index (κ2) is 9.19. The number of hydrogen-bond acceptors (Lipinski definition) is 5. The average molecular weight is 432 g/mol. The number of methoxy groups -OCH3 is 2. The zero-order valence-electron chi connectivity index (χ0n) is 19.4. The number of rotatable bonds is 6. The van der Waals surface area contributed by atoms with Gasteiger partial charge < -0.3 is 19.7 Å². The Balaban J connectivity index is 2.02. The number of likely N-dealkylation sites (N-methyl/N-ethyl adjacent to an activating group) is 1. The fraction of sp³-hybridized carbons (Fsp3) is 0.308. The number of nitriles is 1. The molecule has 1 N–H and O–H groups in total. The molecular formula is C26H29N3O3. The van der Waals surface area contributed by atoms with Crippen LogP contribution in [0.2, 0.25) is 0 Å². The molecule has 1 aliphatic rings. The van der Waals surface area contributed by atoms with Crippen LogP contribution >= 0.6 is 0 Å². The van der Waals surface area contributed by atoms with E-state index < -0.39 is 5.91 Å². The van der Waals surface area contributed by atoms with Gasteiger partial charge in [0.1, 0.15) is 23.1 Å².